The van der Waals surface area contributed by atoms with Crippen LogP contribution >= 0.6 is 11.8 Å². The van der Waals surface area contributed by atoms with Crippen molar-refractivity contribution in [1.82, 2.24) is 5.32 Å². The van der Waals surface area contributed by atoms with Gasteiger partial charge in [0.2, 0.25) is 0 Å². The molecule has 39 heavy (non-hydrogen) atoms. The number of carbonyl (C=O) groups is 3. The lowest BCUT2D eigenvalue weighted by molar-refractivity contribution is -0.384. The molecule has 1 amide bonds. The number of carbonyl (C=O) groups excluding carboxylic acids is 3. The Morgan fingerprint density at radius 3 is 2.44 bits per heavy atom. The summed E-state index contributed by atoms with van der Waals surface area (Å²) in [5.41, 5.74) is 7.75. The monoisotopic (exact) mass is 554 g/mol. The van der Waals surface area contributed by atoms with Gasteiger partial charge < -0.3 is 20.5 Å². The maximum absolute atomic E-state index is 13.3. The van der Waals surface area contributed by atoms with Crippen molar-refractivity contribution in [3.63, 3.8) is 0 Å². The number of benzene rings is 2. The van der Waals surface area contributed by atoms with E-state index in [9.17, 15) is 24.5 Å². The summed E-state index contributed by atoms with van der Waals surface area (Å²) in [6.45, 7) is 5.16. The Balaban J connectivity index is 1.96. The number of rotatable bonds is 11. The van der Waals surface area contributed by atoms with Crippen LogP contribution in [0.3, 0.4) is 0 Å². The number of anilines is 1. The zero-order valence-electron chi connectivity index (χ0n) is 21.8. The minimum atomic E-state index is -0.981. The molecule has 2 aromatic carbocycles. The van der Waals surface area contributed by atoms with E-state index in [1.165, 1.54) is 30.0 Å². The lowest BCUT2D eigenvalue weighted by Gasteiger charge is -2.32. The molecular formula is C27H30N4O7S. The minimum absolute atomic E-state index is 0.0782. The summed E-state index contributed by atoms with van der Waals surface area (Å²) in [6, 6.07) is 12.3. The van der Waals surface area contributed by atoms with Crippen LogP contribution in [-0.4, -0.2) is 53.3 Å². The van der Waals surface area contributed by atoms with Crippen molar-refractivity contribution in [1.29, 1.82) is 0 Å². The number of thioether (sulfide) groups is 1. The normalized spacial score (nSPS) is 16.7. The Hall–Kier alpha value is -4.19. The van der Waals surface area contributed by atoms with E-state index in [2.05, 4.69) is 10.3 Å². The summed E-state index contributed by atoms with van der Waals surface area (Å²) in [6.07, 6.45) is 0. The maximum Gasteiger partial charge on any atom is 0.336 e. The van der Waals surface area contributed by atoms with Crippen LogP contribution in [-0.2, 0) is 19.1 Å². The highest BCUT2D eigenvalue weighted by Gasteiger charge is 2.43. The Bertz CT molecular complexity index is 1310. The van der Waals surface area contributed by atoms with Gasteiger partial charge >= 0.3 is 11.9 Å². The molecule has 0 radical (unpaired) electrons. The molecule has 1 aliphatic heterocycles. The number of nitrogens with two attached hydrogens (primary N) is 1. The van der Waals surface area contributed by atoms with Gasteiger partial charge in [0, 0.05) is 40.8 Å². The van der Waals surface area contributed by atoms with E-state index in [1.54, 1.807) is 51.1 Å². The second-order valence-electron chi connectivity index (χ2n) is 8.51. The van der Waals surface area contributed by atoms with Crippen molar-refractivity contribution in [2.24, 2.45) is 10.9 Å². The summed E-state index contributed by atoms with van der Waals surface area (Å²) in [5, 5.41) is 14.3. The fourth-order valence-electron chi connectivity index (χ4n) is 4.22. The van der Waals surface area contributed by atoms with Crippen LogP contribution in [0.4, 0.5) is 11.4 Å². The molecule has 0 spiro atoms. The van der Waals surface area contributed by atoms with Crippen molar-refractivity contribution in [2.45, 2.75) is 26.7 Å². The summed E-state index contributed by atoms with van der Waals surface area (Å²) >= 11 is 1.30. The molecule has 3 rings (SSSR count). The number of amides is 1. The first kappa shape index (κ1) is 29.4. The number of esters is 2. The third kappa shape index (κ3) is 7.23. The van der Waals surface area contributed by atoms with Crippen molar-refractivity contribution >= 4 is 46.7 Å². The molecule has 2 aromatic rings. The molecule has 0 bridgehead atoms. The lowest BCUT2D eigenvalue weighted by Crippen LogP contribution is -2.37. The summed E-state index contributed by atoms with van der Waals surface area (Å²) in [4.78, 5) is 54.3. The molecule has 1 aliphatic rings. The molecule has 2 atom stereocenters. The predicted octanol–water partition coefficient (Wildman–Crippen LogP) is 3.85. The predicted molar refractivity (Wildman–Crippen MR) is 148 cm³/mol. The van der Waals surface area contributed by atoms with Gasteiger partial charge in [-0.1, -0.05) is 12.1 Å². The zero-order chi connectivity index (χ0) is 28.5. The number of nitro groups is 1. The highest BCUT2D eigenvalue weighted by molar-refractivity contribution is 7.99. The summed E-state index contributed by atoms with van der Waals surface area (Å²) in [7, 11) is 0. The zero-order valence-corrected chi connectivity index (χ0v) is 22.7. The number of hydrogen-bond donors (Lipinski definition) is 2. The largest absolute Gasteiger partial charge is 0.465 e. The standard InChI is InChI=1S/C27H30N4O7S/c1-4-37-26(33)22-16(3)30-21(14-39-15-29-25(32)17-9-11-19(28)12-10-17)24(27(34)38-5-2)23(22)18-7-6-8-20(13-18)31(35)36/h6-13,22-23H,4-5,14-15,28H2,1-3H3,(H,29,32). The van der Waals surface area contributed by atoms with E-state index in [1.807, 2.05) is 0 Å². The minimum Gasteiger partial charge on any atom is -0.465 e. The Morgan fingerprint density at radius 2 is 1.79 bits per heavy atom. The SMILES string of the molecule is CCOC(=O)C1=C(CSCNC(=O)c2ccc(N)cc2)N=C(C)C(C(=O)OCC)C1c1cccc([N+](=O)[O-])c1. The van der Waals surface area contributed by atoms with Gasteiger partial charge in [0.15, 0.2) is 0 Å². The van der Waals surface area contributed by atoms with Crippen LogP contribution in [0, 0.1) is 16.0 Å². The molecule has 0 aliphatic carbocycles. The molecular weight excluding hydrogens is 524 g/mol. The topological polar surface area (TPSA) is 163 Å². The number of ether oxygens (including phenoxy) is 2. The van der Waals surface area contributed by atoms with Crippen molar-refractivity contribution in [3.8, 4) is 0 Å². The second-order valence-corrected chi connectivity index (χ2v) is 9.50. The first-order valence-corrected chi connectivity index (χ1v) is 13.4. The van der Waals surface area contributed by atoms with Gasteiger partial charge in [-0.05, 0) is 50.6 Å². The van der Waals surface area contributed by atoms with Gasteiger partial charge in [0.05, 0.1) is 35.3 Å². The van der Waals surface area contributed by atoms with Gasteiger partial charge in [-0.3, -0.25) is 24.7 Å². The number of nitrogens with one attached hydrogen (secondary N) is 1. The molecule has 0 saturated heterocycles. The Kier molecular flexibility index (Phi) is 10.2. The number of nitro benzene ring substituents is 1. The van der Waals surface area contributed by atoms with E-state index in [0.717, 1.165) is 0 Å². The molecule has 206 valence electrons. The second kappa shape index (κ2) is 13.6. The lowest BCUT2D eigenvalue weighted by atomic mass is 9.75. The van der Waals surface area contributed by atoms with Crippen molar-refractivity contribution < 1.29 is 28.8 Å². The Morgan fingerprint density at radius 1 is 1.10 bits per heavy atom. The molecule has 12 heteroatoms. The number of non-ortho nitro benzene ring substituents is 1. The van der Waals surface area contributed by atoms with Crippen molar-refractivity contribution in [2.75, 3.05) is 30.6 Å². The van der Waals surface area contributed by atoms with E-state index in [0.29, 0.717) is 28.2 Å². The van der Waals surface area contributed by atoms with E-state index >= 15 is 0 Å². The van der Waals surface area contributed by atoms with E-state index in [-0.39, 0.29) is 42.0 Å². The Labute approximate surface area is 230 Å². The molecule has 2 unspecified atom stereocenters. The van der Waals surface area contributed by atoms with Crippen LogP contribution in [0.25, 0.3) is 0 Å². The molecule has 0 fully saturated rings. The number of hydrogen-bond acceptors (Lipinski definition) is 10. The smallest absolute Gasteiger partial charge is 0.336 e. The van der Waals surface area contributed by atoms with Crippen LogP contribution < -0.4 is 11.1 Å². The average molecular weight is 555 g/mol. The first-order chi connectivity index (χ1) is 18.7. The quantitative estimate of drug-likeness (QED) is 0.105. The highest BCUT2D eigenvalue weighted by atomic mass is 32.2. The highest BCUT2D eigenvalue weighted by Crippen LogP contribution is 2.41. The number of aliphatic imine (C=N–C) groups is 1. The first-order valence-electron chi connectivity index (χ1n) is 12.3. The van der Waals surface area contributed by atoms with Gasteiger partial charge in [0.25, 0.3) is 11.6 Å². The fraction of sp³-hybridized carbons (Fsp3) is 0.333. The van der Waals surface area contributed by atoms with Crippen LogP contribution in [0.5, 0.6) is 0 Å². The molecule has 0 aromatic heterocycles. The van der Waals surface area contributed by atoms with Gasteiger partial charge in [-0.15, -0.1) is 11.8 Å². The molecule has 3 N–H and O–H groups in total. The van der Waals surface area contributed by atoms with Gasteiger partial charge in [-0.2, -0.15) is 0 Å². The third-order valence-electron chi connectivity index (χ3n) is 5.94. The van der Waals surface area contributed by atoms with Crippen LogP contribution in [0.2, 0.25) is 0 Å². The van der Waals surface area contributed by atoms with Gasteiger partial charge in [0.1, 0.15) is 5.92 Å². The number of nitrogen functional groups attached to an aromatic ring is 1. The molecule has 11 nitrogen and oxygen atoms in total. The van der Waals surface area contributed by atoms with Crippen LogP contribution in [0.1, 0.15) is 42.6 Å². The molecule has 1 heterocycles. The van der Waals surface area contributed by atoms with Crippen LogP contribution in [0.15, 0.2) is 64.8 Å². The third-order valence-corrected chi connectivity index (χ3v) is 6.77. The van der Waals surface area contributed by atoms with E-state index in [4.69, 9.17) is 15.2 Å². The molecule has 0 saturated carbocycles. The van der Waals surface area contributed by atoms with E-state index < -0.39 is 28.7 Å². The van der Waals surface area contributed by atoms with Gasteiger partial charge in [-0.25, -0.2) is 4.79 Å². The number of nitrogens with zero attached hydrogens (tertiary/aromatic N) is 2. The fourth-order valence-corrected chi connectivity index (χ4v) is 4.97. The maximum atomic E-state index is 13.3. The summed E-state index contributed by atoms with van der Waals surface area (Å²) in [5.74, 6) is -3.05. The van der Waals surface area contributed by atoms with Crippen molar-refractivity contribution in [3.05, 3.63) is 81.0 Å². The average Bonchev–Trinajstić information content (AvgIpc) is 2.91. The summed E-state index contributed by atoms with van der Waals surface area (Å²) < 4.78 is 10.6.